The zero-order chi connectivity index (χ0) is 23.0. The van der Waals surface area contributed by atoms with Gasteiger partial charge in [-0.15, -0.1) is 0 Å². The predicted molar refractivity (Wildman–Crippen MR) is 105 cm³/mol. The highest BCUT2D eigenvalue weighted by Crippen LogP contribution is 2.34. The van der Waals surface area contributed by atoms with Crippen LogP contribution in [-0.4, -0.2) is 27.3 Å². The highest BCUT2D eigenvalue weighted by Gasteiger charge is 2.40. The Hall–Kier alpha value is -4.08. The SMILES string of the molecule is O=C(c1ccccc1)c1ccc2nc(NC(=O)C(F)(F)F)c(-c3c(F)cccc3F)n2c1. The molecule has 0 aliphatic heterocycles. The lowest BCUT2D eigenvalue weighted by Crippen LogP contribution is -2.30. The summed E-state index contributed by atoms with van der Waals surface area (Å²) in [6.45, 7) is 0. The number of alkyl halides is 3. The van der Waals surface area contributed by atoms with E-state index in [4.69, 9.17) is 0 Å². The summed E-state index contributed by atoms with van der Waals surface area (Å²) in [6.07, 6.45) is -4.06. The molecule has 0 saturated carbocycles. The number of rotatable bonds is 4. The second-order valence-corrected chi connectivity index (χ2v) is 6.70. The number of carbonyl (C=O) groups is 2. The number of benzene rings is 2. The van der Waals surface area contributed by atoms with Gasteiger partial charge in [0.1, 0.15) is 23.0 Å². The molecule has 0 saturated heterocycles. The molecular formula is C22H12F5N3O2. The molecule has 1 amide bonds. The minimum Gasteiger partial charge on any atom is -0.301 e. The van der Waals surface area contributed by atoms with E-state index in [2.05, 4.69) is 4.98 Å². The molecule has 0 aliphatic carbocycles. The quantitative estimate of drug-likeness (QED) is 0.355. The second-order valence-electron chi connectivity index (χ2n) is 6.70. The molecule has 4 aromatic rings. The third-order valence-corrected chi connectivity index (χ3v) is 4.61. The first-order chi connectivity index (χ1) is 15.2. The van der Waals surface area contributed by atoms with E-state index in [0.717, 1.165) is 22.6 Å². The maximum Gasteiger partial charge on any atom is 0.471 e. The molecule has 32 heavy (non-hydrogen) atoms. The minimum atomic E-state index is -5.25. The Kier molecular flexibility index (Phi) is 5.21. The van der Waals surface area contributed by atoms with Gasteiger partial charge in [-0.25, -0.2) is 13.8 Å². The van der Waals surface area contributed by atoms with Gasteiger partial charge >= 0.3 is 12.1 Å². The first kappa shape index (κ1) is 21.2. The molecule has 0 aliphatic rings. The first-order valence-corrected chi connectivity index (χ1v) is 9.11. The Morgan fingerprint density at radius 1 is 0.844 bits per heavy atom. The van der Waals surface area contributed by atoms with Crippen LogP contribution in [0.3, 0.4) is 0 Å². The third-order valence-electron chi connectivity index (χ3n) is 4.61. The second kappa shape index (κ2) is 7.88. The van der Waals surface area contributed by atoms with Crippen LogP contribution in [-0.2, 0) is 4.79 Å². The number of carbonyl (C=O) groups excluding carboxylic acids is 2. The number of halogens is 5. The van der Waals surface area contributed by atoms with E-state index in [1.807, 2.05) is 0 Å². The van der Waals surface area contributed by atoms with Crippen molar-refractivity contribution in [3.05, 3.63) is 89.6 Å². The summed E-state index contributed by atoms with van der Waals surface area (Å²) < 4.78 is 68.5. The first-order valence-electron chi connectivity index (χ1n) is 9.11. The Balaban J connectivity index is 1.94. The van der Waals surface area contributed by atoms with Crippen LogP contribution in [0.4, 0.5) is 27.8 Å². The zero-order valence-corrected chi connectivity index (χ0v) is 16.0. The number of anilines is 1. The van der Waals surface area contributed by atoms with E-state index in [1.54, 1.807) is 35.6 Å². The zero-order valence-electron chi connectivity index (χ0n) is 16.0. The lowest BCUT2D eigenvalue weighted by atomic mass is 10.1. The highest BCUT2D eigenvalue weighted by atomic mass is 19.4. The topological polar surface area (TPSA) is 63.5 Å². The number of nitrogens with zero attached hydrogens (tertiary/aromatic N) is 2. The maximum absolute atomic E-state index is 14.5. The van der Waals surface area contributed by atoms with Crippen molar-refractivity contribution in [1.29, 1.82) is 0 Å². The number of imidazole rings is 1. The molecule has 10 heteroatoms. The molecule has 4 rings (SSSR count). The van der Waals surface area contributed by atoms with E-state index in [9.17, 15) is 31.5 Å². The van der Waals surface area contributed by atoms with Crippen molar-refractivity contribution in [2.45, 2.75) is 6.18 Å². The molecule has 2 aromatic carbocycles. The Morgan fingerprint density at radius 2 is 1.50 bits per heavy atom. The lowest BCUT2D eigenvalue weighted by molar-refractivity contribution is -0.167. The normalized spacial score (nSPS) is 11.5. The summed E-state index contributed by atoms with van der Waals surface area (Å²) in [5.41, 5.74) is -0.800. The number of fused-ring (bicyclic) bond motifs is 1. The minimum absolute atomic E-state index is 0.0373. The summed E-state index contributed by atoms with van der Waals surface area (Å²) in [6, 6.07) is 13.7. The van der Waals surface area contributed by atoms with Crippen molar-refractivity contribution >= 4 is 23.2 Å². The summed E-state index contributed by atoms with van der Waals surface area (Å²) in [4.78, 5) is 28.2. The van der Waals surface area contributed by atoms with Gasteiger partial charge in [-0.1, -0.05) is 36.4 Å². The number of hydrogen-bond donors (Lipinski definition) is 1. The van der Waals surface area contributed by atoms with Crippen molar-refractivity contribution in [2.75, 3.05) is 5.32 Å². The van der Waals surface area contributed by atoms with Crippen LogP contribution in [0.1, 0.15) is 15.9 Å². The molecule has 0 atom stereocenters. The van der Waals surface area contributed by atoms with Crippen LogP contribution >= 0.6 is 0 Å². The molecule has 0 unspecified atom stereocenters. The fraction of sp³-hybridized carbons (Fsp3) is 0.0455. The molecule has 2 aromatic heterocycles. The van der Waals surface area contributed by atoms with E-state index < -0.39 is 46.6 Å². The van der Waals surface area contributed by atoms with Crippen LogP contribution in [0.5, 0.6) is 0 Å². The Morgan fingerprint density at radius 3 is 2.12 bits per heavy atom. The monoisotopic (exact) mass is 445 g/mol. The number of hydrogen-bond acceptors (Lipinski definition) is 3. The van der Waals surface area contributed by atoms with E-state index in [1.165, 1.54) is 18.3 Å². The van der Waals surface area contributed by atoms with Crippen molar-refractivity contribution in [1.82, 2.24) is 9.38 Å². The predicted octanol–water partition coefficient (Wildman–Crippen LogP) is 5.01. The molecule has 0 bridgehead atoms. The summed E-state index contributed by atoms with van der Waals surface area (Å²) >= 11 is 0. The smallest absolute Gasteiger partial charge is 0.301 e. The molecule has 0 spiro atoms. The van der Waals surface area contributed by atoms with Crippen LogP contribution in [0.15, 0.2) is 66.9 Å². The third kappa shape index (κ3) is 3.82. The van der Waals surface area contributed by atoms with Gasteiger partial charge < -0.3 is 5.32 Å². The van der Waals surface area contributed by atoms with Crippen molar-refractivity contribution in [2.24, 2.45) is 0 Å². The molecule has 2 heterocycles. The van der Waals surface area contributed by atoms with Gasteiger partial charge in [-0.05, 0) is 24.3 Å². The van der Waals surface area contributed by atoms with Gasteiger partial charge in [0, 0.05) is 17.3 Å². The number of ketones is 1. The van der Waals surface area contributed by atoms with Crippen LogP contribution < -0.4 is 5.32 Å². The van der Waals surface area contributed by atoms with Crippen LogP contribution in [0.25, 0.3) is 16.9 Å². The van der Waals surface area contributed by atoms with Crippen LogP contribution in [0.2, 0.25) is 0 Å². The van der Waals surface area contributed by atoms with Gasteiger partial charge in [-0.2, -0.15) is 13.2 Å². The largest absolute Gasteiger partial charge is 0.471 e. The fourth-order valence-electron chi connectivity index (χ4n) is 3.16. The van der Waals surface area contributed by atoms with Gasteiger partial charge in [0.15, 0.2) is 11.6 Å². The lowest BCUT2D eigenvalue weighted by Gasteiger charge is -2.10. The molecule has 5 nitrogen and oxygen atoms in total. The molecule has 1 N–H and O–H groups in total. The number of nitrogens with one attached hydrogen (secondary N) is 1. The molecular weight excluding hydrogens is 433 g/mol. The Bertz CT molecular complexity index is 1330. The van der Waals surface area contributed by atoms with Gasteiger partial charge in [0.05, 0.1) is 5.56 Å². The summed E-state index contributed by atoms with van der Waals surface area (Å²) in [5.74, 6) is -5.68. The average Bonchev–Trinajstić information content (AvgIpc) is 3.10. The van der Waals surface area contributed by atoms with E-state index in [-0.39, 0.29) is 11.2 Å². The van der Waals surface area contributed by atoms with Gasteiger partial charge in [0.25, 0.3) is 0 Å². The average molecular weight is 445 g/mol. The van der Waals surface area contributed by atoms with E-state index >= 15 is 0 Å². The van der Waals surface area contributed by atoms with Crippen molar-refractivity contribution in [3.8, 4) is 11.3 Å². The van der Waals surface area contributed by atoms with E-state index in [0.29, 0.717) is 5.56 Å². The number of amides is 1. The summed E-state index contributed by atoms with van der Waals surface area (Å²) in [7, 11) is 0. The Labute approximate surface area is 177 Å². The van der Waals surface area contributed by atoms with Gasteiger partial charge in [0.2, 0.25) is 0 Å². The fourth-order valence-corrected chi connectivity index (χ4v) is 3.16. The van der Waals surface area contributed by atoms with Gasteiger partial charge in [-0.3, -0.25) is 14.0 Å². The molecule has 0 radical (unpaired) electrons. The molecule has 0 fully saturated rings. The van der Waals surface area contributed by atoms with Crippen molar-refractivity contribution in [3.63, 3.8) is 0 Å². The van der Waals surface area contributed by atoms with Crippen molar-refractivity contribution < 1.29 is 31.5 Å². The number of pyridine rings is 1. The van der Waals surface area contributed by atoms with Crippen LogP contribution in [0, 0.1) is 11.6 Å². The molecule has 162 valence electrons. The summed E-state index contributed by atoms with van der Waals surface area (Å²) in [5, 5.41) is 1.56. The standard InChI is InChI=1S/C22H12F5N3O2/c23-14-7-4-8-15(24)17(14)18-20(29-21(32)22(25,26)27)28-16-10-9-13(11-30(16)18)19(31)12-5-2-1-3-6-12/h1-11H,(H,29,32). The number of aromatic nitrogens is 2. The maximum atomic E-state index is 14.5. The highest BCUT2D eigenvalue weighted by molar-refractivity contribution is 6.09.